The van der Waals surface area contributed by atoms with Crippen LogP contribution in [0.5, 0.6) is 5.75 Å². The second-order valence-electron chi connectivity index (χ2n) is 7.72. The van der Waals surface area contributed by atoms with Crippen molar-refractivity contribution in [3.8, 4) is 11.4 Å². The Hall–Kier alpha value is -3.34. The molecule has 0 saturated heterocycles. The lowest BCUT2D eigenvalue weighted by Crippen LogP contribution is -2.17. The average molecular weight is 385 g/mol. The molecule has 1 atom stereocenters. The van der Waals surface area contributed by atoms with Crippen LogP contribution in [0.1, 0.15) is 43.2 Å². The van der Waals surface area contributed by atoms with Gasteiger partial charge in [0.15, 0.2) is 0 Å². The highest BCUT2D eigenvalue weighted by molar-refractivity contribution is 5.78. The minimum absolute atomic E-state index is 0.119. The van der Waals surface area contributed by atoms with E-state index in [4.69, 9.17) is 9.72 Å². The Morgan fingerprint density at radius 2 is 1.86 bits per heavy atom. The van der Waals surface area contributed by atoms with E-state index in [2.05, 4.69) is 11.6 Å². The fourth-order valence-corrected chi connectivity index (χ4v) is 3.80. The second-order valence-corrected chi connectivity index (χ2v) is 7.72. The van der Waals surface area contributed by atoms with Gasteiger partial charge in [0.2, 0.25) is 0 Å². The highest BCUT2D eigenvalue weighted by Crippen LogP contribution is 2.40. The Labute approximate surface area is 169 Å². The first-order valence-corrected chi connectivity index (χ1v) is 10.0. The van der Waals surface area contributed by atoms with Crippen LogP contribution >= 0.6 is 0 Å². The number of pyridine rings is 1. The zero-order valence-corrected chi connectivity index (χ0v) is 16.6. The van der Waals surface area contributed by atoms with Crippen molar-refractivity contribution in [1.29, 1.82) is 0 Å². The van der Waals surface area contributed by atoms with Crippen molar-refractivity contribution < 1.29 is 4.74 Å². The zero-order valence-electron chi connectivity index (χ0n) is 16.6. The predicted octanol–water partition coefficient (Wildman–Crippen LogP) is 4.74. The van der Waals surface area contributed by atoms with Gasteiger partial charge in [0.05, 0.1) is 16.7 Å². The van der Waals surface area contributed by atoms with Crippen LogP contribution in [0.15, 0.2) is 71.7 Å². The Morgan fingerprint density at radius 3 is 2.59 bits per heavy atom. The molecule has 0 amide bonds. The first-order valence-electron chi connectivity index (χ1n) is 10.0. The molecule has 0 spiro atoms. The molecule has 5 rings (SSSR count). The van der Waals surface area contributed by atoms with Gasteiger partial charge in [0.25, 0.3) is 5.56 Å². The molecule has 4 aromatic rings. The van der Waals surface area contributed by atoms with E-state index in [0.717, 1.165) is 28.1 Å². The number of aryl methyl sites for hydroxylation is 1. The van der Waals surface area contributed by atoms with E-state index in [1.165, 1.54) is 12.8 Å². The lowest BCUT2D eigenvalue weighted by molar-refractivity contribution is 0.226. The lowest BCUT2D eigenvalue weighted by atomic mass is 10.1. The molecule has 29 heavy (non-hydrogen) atoms. The molecule has 5 nitrogen and oxygen atoms in total. The number of hydrogen-bond donors (Lipinski definition) is 0. The highest BCUT2D eigenvalue weighted by Gasteiger charge is 2.28. The number of aromatic nitrogens is 3. The maximum atomic E-state index is 12.8. The summed E-state index contributed by atoms with van der Waals surface area (Å²) in [7, 11) is 2.05. The third kappa shape index (κ3) is 3.33. The summed E-state index contributed by atoms with van der Waals surface area (Å²) in [6, 6.07) is 19.3. The number of nitrogens with zero attached hydrogens (tertiary/aromatic N) is 3. The SMILES string of the molecule is CC(Oc1ccn(-c2ccc3nc(C4CC4)n(C)c3c2)c(=O)c1)c1ccccc1. The van der Waals surface area contributed by atoms with E-state index < -0.39 is 0 Å². The Balaban J connectivity index is 1.44. The summed E-state index contributed by atoms with van der Waals surface area (Å²) in [4.78, 5) is 17.5. The molecule has 0 radical (unpaired) electrons. The van der Waals surface area contributed by atoms with E-state index in [9.17, 15) is 4.79 Å². The molecule has 0 N–H and O–H groups in total. The number of benzene rings is 2. The van der Waals surface area contributed by atoms with Gasteiger partial charge in [0, 0.05) is 25.2 Å². The number of imidazole rings is 1. The van der Waals surface area contributed by atoms with Crippen LogP contribution in [0.3, 0.4) is 0 Å². The number of hydrogen-bond acceptors (Lipinski definition) is 3. The van der Waals surface area contributed by atoms with Gasteiger partial charge in [-0.3, -0.25) is 9.36 Å². The summed E-state index contributed by atoms with van der Waals surface area (Å²) < 4.78 is 9.77. The highest BCUT2D eigenvalue weighted by atomic mass is 16.5. The van der Waals surface area contributed by atoms with Crippen molar-refractivity contribution in [2.45, 2.75) is 31.8 Å². The molecule has 146 valence electrons. The van der Waals surface area contributed by atoms with Crippen LogP contribution in [-0.4, -0.2) is 14.1 Å². The average Bonchev–Trinajstić information content (AvgIpc) is 3.53. The fourth-order valence-electron chi connectivity index (χ4n) is 3.80. The fraction of sp³-hybridized carbons (Fsp3) is 0.250. The van der Waals surface area contributed by atoms with Crippen LogP contribution in [0.2, 0.25) is 0 Å². The lowest BCUT2D eigenvalue weighted by Gasteiger charge is -2.15. The Kier molecular flexibility index (Phi) is 4.23. The van der Waals surface area contributed by atoms with Crippen molar-refractivity contribution >= 4 is 11.0 Å². The Bertz CT molecular complexity index is 1240. The molecule has 2 heterocycles. The summed E-state index contributed by atoms with van der Waals surface area (Å²) >= 11 is 0. The molecular weight excluding hydrogens is 362 g/mol. The number of rotatable bonds is 5. The normalized spacial score (nSPS) is 14.8. The van der Waals surface area contributed by atoms with E-state index >= 15 is 0 Å². The van der Waals surface area contributed by atoms with Crippen LogP contribution < -0.4 is 10.3 Å². The standard InChI is InChI=1S/C24H23N3O2/c1-16(17-6-4-3-5-7-17)29-20-12-13-27(23(28)15-20)19-10-11-21-22(14-19)26(2)24(25-21)18-8-9-18/h3-7,10-16,18H,8-9H2,1-2H3. The van der Waals surface area contributed by atoms with Crippen LogP contribution in [-0.2, 0) is 7.05 Å². The molecule has 0 aliphatic heterocycles. The smallest absolute Gasteiger partial charge is 0.258 e. The second kappa shape index (κ2) is 6.92. The minimum Gasteiger partial charge on any atom is -0.486 e. The first kappa shape index (κ1) is 17.7. The molecule has 2 aromatic heterocycles. The van der Waals surface area contributed by atoms with Gasteiger partial charge in [-0.05, 0) is 49.6 Å². The summed E-state index contributed by atoms with van der Waals surface area (Å²) in [6.45, 7) is 1.98. The Morgan fingerprint density at radius 1 is 1.07 bits per heavy atom. The number of ether oxygens (including phenoxy) is 1. The maximum Gasteiger partial charge on any atom is 0.258 e. The minimum atomic E-state index is -0.127. The van der Waals surface area contributed by atoms with Gasteiger partial charge < -0.3 is 9.30 Å². The molecular formula is C24H23N3O2. The maximum absolute atomic E-state index is 12.8. The van der Waals surface area contributed by atoms with Gasteiger partial charge in [-0.25, -0.2) is 4.98 Å². The van der Waals surface area contributed by atoms with Crippen molar-refractivity contribution in [3.63, 3.8) is 0 Å². The van der Waals surface area contributed by atoms with Crippen molar-refractivity contribution in [1.82, 2.24) is 14.1 Å². The van der Waals surface area contributed by atoms with E-state index in [1.54, 1.807) is 16.8 Å². The van der Waals surface area contributed by atoms with Crippen LogP contribution in [0.4, 0.5) is 0 Å². The summed E-state index contributed by atoms with van der Waals surface area (Å²) in [5.74, 6) is 2.30. The monoisotopic (exact) mass is 385 g/mol. The quantitative estimate of drug-likeness (QED) is 0.498. The summed E-state index contributed by atoms with van der Waals surface area (Å²) in [5.41, 5.74) is 3.81. The largest absolute Gasteiger partial charge is 0.486 e. The van der Waals surface area contributed by atoms with Gasteiger partial charge >= 0.3 is 0 Å². The van der Waals surface area contributed by atoms with E-state index in [-0.39, 0.29) is 11.7 Å². The predicted molar refractivity (Wildman–Crippen MR) is 114 cm³/mol. The van der Waals surface area contributed by atoms with E-state index in [1.807, 2.05) is 61.5 Å². The van der Waals surface area contributed by atoms with Gasteiger partial charge in [-0.1, -0.05) is 30.3 Å². The van der Waals surface area contributed by atoms with Crippen molar-refractivity contribution in [2.24, 2.45) is 7.05 Å². The zero-order chi connectivity index (χ0) is 20.0. The van der Waals surface area contributed by atoms with Crippen molar-refractivity contribution in [2.75, 3.05) is 0 Å². The number of fused-ring (bicyclic) bond motifs is 1. The molecule has 1 unspecified atom stereocenters. The van der Waals surface area contributed by atoms with Crippen LogP contribution in [0.25, 0.3) is 16.7 Å². The topological polar surface area (TPSA) is 49.0 Å². The van der Waals surface area contributed by atoms with Gasteiger partial charge in [-0.2, -0.15) is 0 Å². The third-order valence-corrected chi connectivity index (χ3v) is 5.59. The van der Waals surface area contributed by atoms with Gasteiger partial charge in [-0.15, -0.1) is 0 Å². The van der Waals surface area contributed by atoms with Gasteiger partial charge in [0.1, 0.15) is 17.7 Å². The molecule has 1 aliphatic rings. The molecule has 2 aromatic carbocycles. The molecule has 1 fully saturated rings. The molecule has 5 heteroatoms. The first-order chi connectivity index (χ1) is 14.1. The summed E-state index contributed by atoms with van der Waals surface area (Å²) in [6.07, 6.45) is 4.08. The van der Waals surface area contributed by atoms with Crippen molar-refractivity contribution in [3.05, 3.63) is 88.6 Å². The third-order valence-electron chi connectivity index (χ3n) is 5.59. The molecule has 1 aliphatic carbocycles. The molecule has 0 bridgehead atoms. The van der Waals surface area contributed by atoms with Crippen LogP contribution in [0, 0.1) is 0 Å². The molecule has 1 saturated carbocycles. The summed E-state index contributed by atoms with van der Waals surface area (Å²) in [5, 5.41) is 0. The van der Waals surface area contributed by atoms with E-state index in [0.29, 0.717) is 11.7 Å².